The molecule has 0 unspecified atom stereocenters. The minimum absolute atomic E-state index is 0. The SMILES string of the molecule is [2H]c1c([2H])c(C(C([2H])([2H])[2H])(C([2H])([2H])[2H])C([2H])([2H])[2H])c([2H])c([2H])c1[N+]1=C=[N+](c2[c-]c(Oc3[c-]c4c(cc3)c3ncccc3n4-c3cc(C(C)(C)C)ccn3)cc(C(C)(C)C)c2)c2ccccc21.[Pt+2]. The summed E-state index contributed by atoms with van der Waals surface area (Å²) in [4.78, 5) is 9.46. The van der Waals surface area contributed by atoms with Crippen molar-refractivity contribution in [2.75, 3.05) is 0 Å². The second kappa shape index (κ2) is 13.6. The fourth-order valence-corrected chi connectivity index (χ4v) is 6.31. The van der Waals surface area contributed by atoms with E-state index in [-0.39, 0.29) is 26.5 Å². The van der Waals surface area contributed by atoms with Gasteiger partial charge in [-0.3, -0.25) is 4.98 Å². The number of benzene rings is 4. The molecule has 1 aliphatic rings. The second-order valence-electron chi connectivity index (χ2n) is 15.1. The number of rotatable bonds is 5. The van der Waals surface area contributed by atoms with Crippen molar-refractivity contribution >= 4 is 50.7 Å². The number of pyridine rings is 2. The molecule has 0 amide bonds. The molecule has 4 heterocycles. The van der Waals surface area contributed by atoms with Crippen LogP contribution in [0.2, 0.25) is 0 Å². The van der Waals surface area contributed by atoms with E-state index in [1.165, 1.54) is 4.58 Å². The van der Waals surface area contributed by atoms with Gasteiger partial charge in [0.05, 0.1) is 11.0 Å². The number of hydrogen-bond donors (Lipinski definition) is 0. The first kappa shape index (κ1) is 24.3. The first-order valence-electron chi connectivity index (χ1n) is 23.7. The Hall–Kier alpha value is -5.15. The van der Waals surface area contributed by atoms with Crippen LogP contribution in [0.15, 0.2) is 109 Å². The van der Waals surface area contributed by atoms with Gasteiger partial charge in [0.1, 0.15) is 11.5 Å². The van der Waals surface area contributed by atoms with E-state index in [4.69, 9.17) is 32.5 Å². The average Bonchev–Trinajstić information content (AvgIpc) is 3.75. The molecule has 7 heteroatoms. The fourth-order valence-electron chi connectivity index (χ4n) is 6.31. The van der Waals surface area contributed by atoms with Gasteiger partial charge in [0.2, 0.25) is 5.69 Å². The third-order valence-electron chi connectivity index (χ3n) is 9.18. The Morgan fingerprint density at radius 2 is 1.43 bits per heavy atom. The molecule has 0 atom stereocenters. The first-order valence-corrected chi connectivity index (χ1v) is 17.2. The molecular weight excluding hydrogens is 846 g/mol. The zero-order valence-corrected chi connectivity index (χ0v) is 32.8. The van der Waals surface area contributed by atoms with Crippen LogP contribution in [0.1, 0.15) is 96.6 Å². The van der Waals surface area contributed by atoms with E-state index in [0.717, 1.165) is 27.5 Å². The standard InChI is InChI=1S/C47H45N5O.Pt/c1-45(2,3)31-16-18-34(19-17-31)50-30-51(40-14-11-10-13-39(40)50)35-25-33(47(7,8)9)26-37(28-35)53-36-20-21-38-42(29-36)52(41-15-12-23-49-44(38)41)43-27-32(22-24-48-43)46(4,5)6;/h10-27H,1-9H3;/q;+2/i1D3,2D3,3D3,16D,17D,18D,19D;. The van der Waals surface area contributed by atoms with E-state index in [0.29, 0.717) is 39.9 Å². The van der Waals surface area contributed by atoms with Crippen molar-refractivity contribution in [1.29, 1.82) is 0 Å². The van der Waals surface area contributed by atoms with Crippen LogP contribution in [0.4, 0.5) is 22.7 Å². The molecule has 272 valence electrons. The smallest absolute Gasteiger partial charge is 0.509 e. The van der Waals surface area contributed by atoms with Crippen molar-refractivity contribution in [3.63, 3.8) is 0 Å². The van der Waals surface area contributed by atoms with Crippen LogP contribution < -0.4 is 13.9 Å². The molecule has 0 aliphatic carbocycles. The zero-order chi connectivity index (χ0) is 48.3. The monoisotopic (exact) mass is 903 g/mol. The number of hydrogen-bond acceptors (Lipinski definition) is 3. The van der Waals surface area contributed by atoms with Crippen LogP contribution in [0.5, 0.6) is 11.5 Å². The molecule has 54 heavy (non-hydrogen) atoms. The third kappa shape index (κ3) is 6.86. The molecule has 0 bridgehead atoms. The Labute approximate surface area is 351 Å². The molecule has 0 radical (unpaired) electrons. The molecule has 0 saturated heterocycles. The van der Waals surface area contributed by atoms with Crippen molar-refractivity contribution in [2.24, 2.45) is 0 Å². The van der Waals surface area contributed by atoms with Gasteiger partial charge in [-0.25, -0.2) is 4.98 Å². The maximum atomic E-state index is 9.14. The minimum atomic E-state index is -3.81. The number of ether oxygens (including phenoxy) is 1. The summed E-state index contributed by atoms with van der Waals surface area (Å²) in [7, 11) is 0. The van der Waals surface area contributed by atoms with Gasteiger partial charge >= 0.3 is 27.1 Å². The van der Waals surface area contributed by atoms with Gasteiger partial charge < -0.3 is 9.30 Å². The van der Waals surface area contributed by atoms with Gasteiger partial charge in [-0.2, -0.15) is 6.07 Å². The molecule has 7 aromatic rings. The molecule has 0 fully saturated rings. The number of fused-ring (bicyclic) bond motifs is 4. The first-order chi connectivity index (χ1) is 30.6. The Morgan fingerprint density at radius 1 is 0.704 bits per heavy atom. The summed E-state index contributed by atoms with van der Waals surface area (Å²) in [6, 6.07) is 28.2. The van der Waals surface area contributed by atoms with Crippen molar-refractivity contribution in [3.8, 4) is 17.3 Å². The topological polar surface area (TPSA) is 46.0 Å². The molecule has 4 aromatic carbocycles. The minimum Gasteiger partial charge on any atom is -0.509 e. The van der Waals surface area contributed by atoms with E-state index in [1.54, 1.807) is 47.3 Å². The van der Waals surface area contributed by atoms with Crippen LogP contribution in [0.25, 0.3) is 27.8 Å². The van der Waals surface area contributed by atoms with Crippen molar-refractivity contribution in [1.82, 2.24) is 23.7 Å². The summed E-state index contributed by atoms with van der Waals surface area (Å²) >= 11 is 0. The van der Waals surface area contributed by atoms with Crippen LogP contribution in [0, 0.1) is 12.1 Å². The fraction of sp³-hybridized carbons (Fsp3) is 0.255. The summed E-state index contributed by atoms with van der Waals surface area (Å²) in [5, 5.41) is 0.843. The Bertz CT molecular complexity index is 3140. The quantitative estimate of drug-likeness (QED) is 0.128. The normalized spacial score (nSPS) is 17.3. The molecular formula is C47H45N5OPt+2. The van der Waals surface area contributed by atoms with Crippen molar-refractivity contribution in [3.05, 3.63) is 138 Å². The van der Waals surface area contributed by atoms with E-state index < -0.39 is 66.8 Å². The average molecular weight is 904 g/mol. The number of nitrogens with zero attached hydrogens (tertiary/aromatic N) is 5. The molecule has 8 rings (SSSR count). The summed E-state index contributed by atoms with van der Waals surface area (Å²) < 4.78 is 122. The van der Waals surface area contributed by atoms with Gasteiger partial charge in [-0.15, -0.1) is 23.8 Å². The molecule has 0 N–H and O–H groups in total. The number of aromatic nitrogens is 3. The molecule has 0 spiro atoms. The Morgan fingerprint density at radius 3 is 2.13 bits per heavy atom. The van der Waals surface area contributed by atoms with Crippen molar-refractivity contribution < 1.29 is 43.6 Å². The number of para-hydroxylation sites is 2. The van der Waals surface area contributed by atoms with Crippen LogP contribution >= 0.6 is 0 Å². The van der Waals surface area contributed by atoms with E-state index in [1.807, 2.05) is 61.7 Å². The predicted octanol–water partition coefficient (Wildman–Crippen LogP) is 11.7. The molecule has 0 saturated carbocycles. The van der Waals surface area contributed by atoms with Gasteiger partial charge in [0.15, 0.2) is 0 Å². The third-order valence-corrected chi connectivity index (χ3v) is 9.18. The van der Waals surface area contributed by atoms with Crippen LogP contribution in [-0.4, -0.2) is 20.5 Å². The van der Waals surface area contributed by atoms with Crippen LogP contribution in [-0.2, 0) is 37.3 Å². The summed E-state index contributed by atoms with van der Waals surface area (Å²) in [5.41, 5.74) is -0.552. The van der Waals surface area contributed by atoms with Crippen molar-refractivity contribution in [2.45, 2.75) is 78.3 Å². The van der Waals surface area contributed by atoms with Gasteiger partial charge in [-0.05, 0) is 56.2 Å². The van der Waals surface area contributed by atoms with Gasteiger partial charge in [0.25, 0.3) is 11.4 Å². The van der Waals surface area contributed by atoms with E-state index in [9.17, 15) is 0 Å². The van der Waals surface area contributed by atoms with Crippen LogP contribution in [0.3, 0.4) is 0 Å². The van der Waals surface area contributed by atoms with Gasteiger partial charge in [-0.1, -0.05) is 114 Å². The molecule has 1 aliphatic heterocycles. The molecule has 3 aromatic heterocycles. The Balaban J connectivity index is 0.00000666. The van der Waals surface area contributed by atoms with Gasteiger partial charge in [0, 0.05) is 66.0 Å². The summed E-state index contributed by atoms with van der Waals surface area (Å²) in [6.45, 7) is 1.06. The predicted molar refractivity (Wildman–Crippen MR) is 217 cm³/mol. The van der Waals surface area contributed by atoms with E-state index in [2.05, 4.69) is 45.0 Å². The van der Waals surface area contributed by atoms with E-state index >= 15 is 0 Å². The zero-order valence-electron chi connectivity index (χ0n) is 43.5. The maximum Gasteiger partial charge on any atom is 2.00 e. The summed E-state index contributed by atoms with van der Waals surface area (Å²) in [6.07, 6.45) is 3.53. The largest absolute Gasteiger partial charge is 2.00 e. The second-order valence-corrected chi connectivity index (χ2v) is 15.1. The Kier molecular flexibility index (Phi) is 6.12. The molecule has 6 nitrogen and oxygen atoms in total. The maximum absolute atomic E-state index is 9.14. The summed E-state index contributed by atoms with van der Waals surface area (Å²) in [5.74, 6) is 1.37.